The lowest BCUT2D eigenvalue weighted by Gasteiger charge is -2.21. The van der Waals surface area contributed by atoms with Gasteiger partial charge in [0.25, 0.3) is 0 Å². The van der Waals surface area contributed by atoms with Crippen molar-refractivity contribution in [3.05, 3.63) is 59.7 Å². The number of amides is 2. The SMILES string of the molecule is CC[C@H](NC(=O)C(COC)NC(=O)OCC1c2ccccc2-c2ccccc21)C(=O)O. The van der Waals surface area contributed by atoms with Crippen LogP contribution in [0, 0.1) is 0 Å². The topological polar surface area (TPSA) is 114 Å². The first kappa shape index (κ1) is 22.3. The molecule has 0 aromatic heterocycles. The van der Waals surface area contributed by atoms with Crippen LogP contribution in [0.5, 0.6) is 0 Å². The van der Waals surface area contributed by atoms with Crippen molar-refractivity contribution in [1.82, 2.24) is 10.6 Å². The van der Waals surface area contributed by atoms with Crippen molar-refractivity contribution in [3.8, 4) is 11.1 Å². The molecule has 1 aliphatic carbocycles. The van der Waals surface area contributed by atoms with Crippen LogP contribution in [0.1, 0.15) is 30.4 Å². The summed E-state index contributed by atoms with van der Waals surface area (Å²) in [6, 6.07) is 13.8. The molecule has 0 aliphatic heterocycles. The molecule has 8 heteroatoms. The van der Waals surface area contributed by atoms with Gasteiger partial charge in [-0.3, -0.25) is 4.79 Å². The lowest BCUT2D eigenvalue weighted by atomic mass is 9.98. The zero-order chi connectivity index (χ0) is 22.4. The highest BCUT2D eigenvalue weighted by atomic mass is 16.5. The summed E-state index contributed by atoms with van der Waals surface area (Å²) in [6.45, 7) is 1.63. The Morgan fingerprint density at radius 3 is 2.06 bits per heavy atom. The fraction of sp³-hybridized carbons (Fsp3) is 0.348. The highest BCUT2D eigenvalue weighted by Gasteiger charge is 2.30. The minimum Gasteiger partial charge on any atom is -0.480 e. The second kappa shape index (κ2) is 10.1. The Hall–Kier alpha value is -3.39. The van der Waals surface area contributed by atoms with E-state index in [-0.39, 0.29) is 25.6 Å². The maximum absolute atomic E-state index is 12.4. The molecule has 0 fully saturated rings. The van der Waals surface area contributed by atoms with Crippen LogP contribution in [0.2, 0.25) is 0 Å². The number of methoxy groups -OCH3 is 1. The predicted octanol–water partition coefficient (Wildman–Crippen LogP) is 2.52. The number of benzene rings is 2. The van der Waals surface area contributed by atoms with Crippen LogP contribution in [0.25, 0.3) is 11.1 Å². The molecule has 1 unspecified atom stereocenters. The molecule has 2 aromatic rings. The quantitative estimate of drug-likeness (QED) is 0.568. The van der Waals surface area contributed by atoms with Crippen LogP contribution < -0.4 is 10.6 Å². The number of carboxylic acids is 1. The van der Waals surface area contributed by atoms with Gasteiger partial charge in [0.05, 0.1) is 6.61 Å². The first-order chi connectivity index (χ1) is 15.0. The maximum atomic E-state index is 12.4. The Balaban J connectivity index is 1.64. The second-order valence-corrected chi connectivity index (χ2v) is 7.29. The van der Waals surface area contributed by atoms with Crippen LogP contribution in [0.15, 0.2) is 48.5 Å². The molecule has 3 rings (SSSR count). The fourth-order valence-electron chi connectivity index (χ4n) is 3.74. The third-order valence-corrected chi connectivity index (χ3v) is 5.31. The summed E-state index contributed by atoms with van der Waals surface area (Å²) < 4.78 is 10.4. The monoisotopic (exact) mass is 426 g/mol. The molecule has 164 valence electrons. The number of carbonyl (C=O) groups is 3. The standard InChI is InChI=1S/C23H26N2O6/c1-3-19(22(27)28)24-21(26)20(13-30-2)25-23(29)31-12-18-16-10-6-4-8-14(16)15-9-5-7-11-17(15)18/h4-11,18-20H,3,12-13H2,1-2H3,(H,24,26)(H,25,29)(H,27,28)/t19-,20?/m0/s1. The number of fused-ring (bicyclic) bond motifs is 3. The number of carboxylic acid groups (broad SMARTS) is 1. The molecule has 2 atom stereocenters. The van der Waals surface area contributed by atoms with E-state index in [0.29, 0.717) is 0 Å². The second-order valence-electron chi connectivity index (χ2n) is 7.29. The number of ether oxygens (including phenoxy) is 2. The summed E-state index contributed by atoms with van der Waals surface area (Å²) in [5.74, 6) is -1.90. The van der Waals surface area contributed by atoms with Crippen LogP contribution in [-0.2, 0) is 19.1 Å². The smallest absolute Gasteiger partial charge is 0.407 e. The lowest BCUT2D eigenvalue weighted by Crippen LogP contribution is -2.53. The Bertz CT molecular complexity index is 915. The zero-order valence-electron chi connectivity index (χ0n) is 17.5. The largest absolute Gasteiger partial charge is 0.480 e. The van der Waals surface area contributed by atoms with Gasteiger partial charge < -0.3 is 25.2 Å². The number of hydrogen-bond donors (Lipinski definition) is 3. The summed E-state index contributed by atoms with van der Waals surface area (Å²) in [5.41, 5.74) is 4.39. The van der Waals surface area contributed by atoms with Gasteiger partial charge in [-0.1, -0.05) is 55.5 Å². The van der Waals surface area contributed by atoms with Crippen molar-refractivity contribution >= 4 is 18.0 Å². The molecule has 2 aromatic carbocycles. The van der Waals surface area contributed by atoms with Gasteiger partial charge in [-0.15, -0.1) is 0 Å². The number of alkyl carbamates (subject to hydrolysis) is 1. The van der Waals surface area contributed by atoms with Crippen molar-refractivity contribution < 1.29 is 29.0 Å². The summed E-state index contributed by atoms with van der Waals surface area (Å²) in [4.78, 5) is 36.0. The normalized spacial score (nSPS) is 14.1. The third-order valence-electron chi connectivity index (χ3n) is 5.31. The van der Waals surface area contributed by atoms with Crippen LogP contribution >= 0.6 is 0 Å². The van der Waals surface area contributed by atoms with Crippen LogP contribution in [0.4, 0.5) is 4.79 Å². The van der Waals surface area contributed by atoms with Gasteiger partial charge in [-0.2, -0.15) is 0 Å². The molecule has 31 heavy (non-hydrogen) atoms. The first-order valence-electron chi connectivity index (χ1n) is 10.1. The van der Waals surface area contributed by atoms with Gasteiger partial charge in [0.15, 0.2) is 0 Å². The predicted molar refractivity (Wildman–Crippen MR) is 114 cm³/mol. The molecule has 0 spiro atoms. The molecule has 0 saturated carbocycles. The Morgan fingerprint density at radius 1 is 0.968 bits per heavy atom. The van der Waals surface area contributed by atoms with E-state index in [2.05, 4.69) is 10.6 Å². The molecule has 0 bridgehead atoms. The molecule has 0 heterocycles. The van der Waals surface area contributed by atoms with Gasteiger partial charge in [-0.25, -0.2) is 9.59 Å². The molecule has 0 saturated heterocycles. The number of carbonyl (C=O) groups excluding carboxylic acids is 2. The number of hydrogen-bond acceptors (Lipinski definition) is 5. The van der Waals surface area contributed by atoms with Crippen LogP contribution in [0.3, 0.4) is 0 Å². The van der Waals surface area contributed by atoms with Crippen molar-refractivity contribution in [2.24, 2.45) is 0 Å². The summed E-state index contributed by atoms with van der Waals surface area (Å²) in [6.07, 6.45) is -0.562. The minimum absolute atomic E-state index is 0.105. The molecular formula is C23H26N2O6. The third kappa shape index (κ3) is 5.03. The average molecular weight is 426 g/mol. The number of rotatable bonds is 9. The fourth-order valence-corrected chi connectivity index (χ4v) is 3.74. The number of aliphatic carboxylic acids is 1. The van der Waals surface area contributed by atoms with Gasteiger partial charge >= 0.3 is 12.1 Å². The van der Waals surface area contributed by atoms with E-state index in [1.165, 1.54) is 7.11 Å². The average Bonchev–Trinajstić information content (AvgIpc) is 3.09. The van der Waals surface area contributed by atoms with E-state index in [1.807, 2.05) is 48.5 Å². The lowest BCUT2D eigenvalue weighted by molar-refractivity contribution is -0.142. The minimum atomic E-state index is -1.15. The van der Waals surface area contributed by atoms with Gasteiger partial charge in [0, 0.05) is 13.0 Å². The van der Waals surface area contributed by atoms with E-state index < -0.39 is 30.1 Å². The van der Waals surface area contributed by atoms with Crippen molar-refractivity contribution in [2.45, 2.75) is 31.3 Å². The van der Waals surface area contributed by atoms with Gasteiger partial charge in [-0.05, 0) is 28.7 Å². The van der Waals surface area contributed by atoms with Crippen molar-refractivity contribution in [1.29, 1.82) is 0 Å². The Kier molecular flexibility index (Phi) is 7.25. The maximum Gasteiger partial charge on any atom is 0.407 e. The van der Waals surface area contributed by atoms with E-state index in [9.17, 15) is 14.4 Å². The van der Waals surface area contributed by atoms with E-state index in [4.69, 9.17) is 14.6 Å². The van der Waals surface area contributed by atoms with Crippen molar-refractivity contribution in [2.75, 3.05) is 20.3 Å². The molecule has 1 aliphatic rings. The van der Waals surface area contributed by atoms with Gasteiger partial charge in [0.2, 0.25) is 5.91 Å². The highest BCUT2D eigenvalue weighted by molar-refractivity contribution is 5.89. The zero-order valence-corrected chi connectivity index (χ0v) is 17.5. The summed E-state index contributed by atoms with van der Waals surface area (Å²) in [5, 5.41) is 14.0. The molecule has 8 nitrogen and oxygen atoms in total. The van der Waals surface area contributed by atoms with E-state index in [1.54, 1.807) is 6.92 Å². The van der Waals surface area contributed by atoms with Crippen LogP contribution in [-0.4, -0.2) is 55.5 Å². The van der Waals surface area contributed by atoms with E-state index in [0.717, 1.165) is 22.3 Å². The Morgan fingerprint density at radius 2 is 1.55 bits per heavy atom. The number of nitrogens with one attached hydrogen (secondary N) is 2. The first-order valence-corrected chi connectivity index (χ1v) is 10.1. The molecular weight excluding hydrogens is 400 g/mol. The molecule has 0 radical (unpaired) electrons. The molecule has 2 amide bonds. The summed E-state index contributed by atoms with van der Waals surface area (Å²) >= 11 is 0. The van der Waals surface area contributed by atoms with E-state index >= 15 is 0 Å². The highest BCUT2D eigenvalue weighted by Crippen LogP contribution is 2.44. The summed E-state index contributed by atoms with van der Waals surface area (Å²) in [7, 11) is 1.38. The van der Waals surface area contributed by atoms with Gasteiger partial charge in [0.1, 0.15) is 18.7 Å². The van der Waals surface area contributed by atoms with Crippen molar-refractivity contribution in [3.63, 3.8) is 0 Å². The molecule has 3 N–H and O–H groups in total. The Labute approximate surface area is 180 Å².